The maximum Gasteiger partial charge on any atom is 0.240 e. The zero-order chi connectivity index (χ0) is 15.2. The lowest BCUT2D eigenvalue weighted by Gasteiger charge is -2.33. The van der Waals surface area contributed by atoms with Gasteiger partial charge in [-0.05, 0) is 37.0 Å². The fourth-order valence-electron chi connectivity index (χ4n) is 2.45. The third-order valence-corrected chi connectivity index (χ3v) is 4.80. The molecule has 0 radical (unpaired) electrons. The second kappa shape index (κ2) is 7.71. The number of nitrogens with zero attached hydrogens (tertiary/aromatic N) is 1. The molecule has 0 saturated carbocycles. The lowest BCUT2D eigenvalue weighted by Crippen LogP contribution is -2.51. The van der Waals surface area contributed by atoms with E-state index < -0.39 is 11.9 Å². The van der Waals surface area contributed by atoms with Gasteiger partial charge in [0.1, 0.15) is 6.04 Å². The van der Waals surface area contributed by atoms with Crippen LogP contribution in [0.15, 0.2) is 24.3 Å². The molecule has 0 aliphatic carbocycles. The van der Waals surface area contributed by atoms with Gasteiger partial charge in [-0.1, -0.05) is 23.7 Å². The van der Waals surface area contributed by atoms with Crippen LogP contribution in [0.25, 0.3) is 0 Å². The minimum Gasteiger partial charge on any atom is -0.368 e. The Balaban J connectivity index is 1.83. The van der Waals surface area contributed by atoms with Crippen molar-refractivity contribution in [3.63, 3.8) is 0 Å². The van der Waals surface area contributed by atoms with Gasteiger partial charge < -0.3 is 10.6 Å². The van der Waals surface area contributed by atoms with E-state index in [0.29, 0.717) is 23.7 Å². The molecule has 6 heteroatoms. The molecule has 1 aromatic rings. The lowest BCUT2D eigenvalue weighted by molar-refractivity contribution is -0.138. The Morgan fingerprint density at radius 3 is 2.67 bits per heavy atom. The van der Waals surface area contributed by atoms with Gasteiger partial charge in [0.2, 0.25) is 11.8 Å². The summed E-state index contributed by atoms with van der Waals surface area (Å²) in [4.78, 5) is 25.3. The van der Waals surface area contributed by atoms with Crippen molar-refractivity contribution in [2.24, 2.45) is 5.73 Å². The van der Waals surface area contributed by atoms with E-state index in [0.717, 1.165) is 24.2 Å². The first-order valence-electron chi connectivity index (χ1n) is 6.99. The summed E-state index contributed by atoms with van der Waals surface area (Å²) in [6.45, 7) is 0.633. The van der Waals surface area contributed by atoms with Crippen molar-refractivity contribution in [2.75, 3.05) is 12.3 Å². The molecule has 21 heavy (non-hydrogen) atoms. The van der Waals surface area contributed by atoms with E-state index in [9.17, 15) is 9.59 Å². The zero-order valence-corrected chi connectivity index (χ0v) is 13.3. The number of hydrogen-bond acceptors (Lipinski definition) is 3. The van der Waals surface area contributed by atoms with E-state index in [1.165, 1.54) is 0 Å². The monoisotopic (exact) mass is 326 g/mol. The standard InChI is InChI=1S/C15H19ClN2O2S/c16-12-6-4-11(5-7-12)9-21-10-14(19)18-8-2-1-3-13(18)15(17)20/h4-7,13H,1-3,8-10H2,(H2,17,20). The molecule has 2 N–H and O–H groups in total. The topological polar surface area (TPSA) is 63.4 Å². The summed E-state index contributed by atoms with van der Waals surface area (Å²) >= 11 is 7.37. The number of nitrogens with two attached hydrogens (primary N) is 1. The van der Waals surface area contributed by atoms with Crippen LogP contribution in [0.4, 0.5) is 0 Å². The van der Waals surface area contributed by atoms with E-state index in [4.69, 9.17) is 17.3 Å². The zero-order valence-electron chi connectivity index (χ0n) is 11.8. The Kier molecular flexibility index (Phi) is 5.94. The molecule has 1 heterocycles. The molecule has 114 valence electrons. The maximum atomic E-state index is 12.2. The van der Waals surface area contributed by atoms with Gasteiger partial charge in [0.25, 0.3) is 0 Å². The molecular weight excluding hydrogens is 308 g/mol. The molecule has 1 fully saturated rings. The highest BCUT2D eigenvalue weighted by Gasteiger charge is 2.30. The third-order valence-electron chi connectivity index (χ3n) is 3.56. The molecule has 1 aliphatic rings. The molecule has 0 spiro atoms. The lowest BCUT2D eigenvalue weighted by atomic mass is 10.0. The number of amides is 2. The molecule has 1 saturated heterocycles. The van der Waals surface area contributed by atoms with Crippen LogP contribution in [-0.4, -0.2) is 35.1 Å². The number of carbonyl (C=O) groups is 2. The molecule has 1 aliphatic heterocycles. The van der Waals surface area contributed by atoms with Crippen molar-refractivity contribution in [1.29, 1.82) is 0 Å². The Bertz CT molecular complexity index is 507. The number of thioether (sulfide) groups is 1. The van der Waals surface area contributed by atoms with Crippen LogP contribution < -0.4 is 5.73 Å². The molecule has 4 nitrogen and oxygen atoms in total. The van der Waals surface area contributed by atoms with E-state index in [2.05, 4.69) is 0 Å². The minimum absolute atomic E-state index is 0.00235. The number of piperidine rings is 1. The van der Waals surface area contributed by atoms with Gasteiger partial charge in [-0.25, -0.2) is 0 Å². The highest BCUT2D eigenvalue weighted by Crippen LogP contribution is 2.20. The molecule has 2 amide bonds. The largest absolute Gasteiger partial charge is 0.368 e. The number of primary amides is 1. The highest BCUT2D eigenvalue weighted by molar-refractivity contribution is 7.99. The predicted octanol–water partition coefficient (Wildman–Crippen LogP) is 2.44. The number of carbonyl (C=O) groups excluding carboxylic acids is 2. The van der Waals surface area contributed by atoms with Crippen molar-refractivity contribution in [3.8, 4) is 0 Å². The predicted molar refractivity (Wildman–Crippen MR) is 86.2 cm³/mol. The molecule has 1 unspecified atom stereocenters. The highest BCUT2D eigenvalue weighted by atomic mass is 35.5. The molecule has 0 bridgehead atoms. The number of halogens is 1. The average molecular weight is 327 g/mol. The first-order chi connectivity index (χ1) is 10.1. The van der Waals surface area contributed by atoms with Crippen molar-refractivity contribution in [1.82, 2.24) is 4.90 Å². The Hall–Kier alpha value is -1.20. The van der Waals surface area contributed by atoms with Crippen LogP contribution in [0.3, 0.4) is 0 Å². The average Bonchev–Trinajstić information content (AvgIpc) is 2.49. The fourth-order valence-corrected chi connectivity index (χ4v) is 3.44. The Labute approximate surface area is 134 Å². The first kappa shape index (κ1) is 16.2. The van der Waals surface area contributed by atoms with Gasteiger partial charge in [-0.15, -0.1) is 11.8 Å². The van der Waals surface area contributed by atoms with Crippen LogP contribution in [0, 0.1) is 0 Å². The van der Waals surface area contributed by atoms with E-state index in [1.54, 1.807) is 16.7 Å². The van der Waals surface area contributed by atoms with E-state index in [1.807, 2.05) is 24.3 Å². The van der Waals surface area contributed by atoms with E-state index >= 15 is 0 Å². The summed E-state index contributed by atoms with van der Waals surface area (Å²) in [7, 11) is 0. The molecule has 1 aromatic carbocycles. The summed E-state index contributed by atoms with van der Waals surface area (Å²) in [6.07, 6.45) is 2.58. The smallest absolute Gasteiger partial charge is 0.240 e. The van der Waals surface area contributed by atoms with E-state index in [-0.39, 0.29) is 5.91 Å². The van der Waals surface area contributed by atoms with Crippen LogP contribution in [0.2, 0.25) is 5.02 Å². The molecule has 2 rings (SSSR count). The van der Waals surface area contributed by atoms with Crippen LogP contribution >= 0.6 is 23.4 Å². The normalized spacial score (nSPS) is 18.5. The van der Waals surface area contributed by atoms with Crippen molar-refractivity contribution in [2.45, 2.75) is 31.1 Å². The number of rotatable bonds is 5. The van der Waals surface area contributed by atoms with Gasteiger partial charge in [-0.2, -0.15) is 0 Å². The quantitative estimate of drug-likeness (QED) is 0.904. The number of hydrogen-bond donors (Lipinski definition) is 1. The fraction of sp³-hybridized carbons (Fsp3) is 0.467. The second-order valence-corrected chi connectivity index (χ2v) is 6.54. The van der Waals surface area contributed by atoms with Crippen molar-refractivity contribution < 1.29 is 9.59 Å². The summed E-state index contributed by atoms with van der Waals surface area (Å²) in [5, 5.41) is 0.706. The number of benzene rings is 1. The summed E-state index contributed by atoms with van der Waals surface area (Å²) in [6, 6.07) is 7.15. The van der Waals surface area contributed by atoms with Crippen LogP contribution in [-0.2, 0) is 15.3 Å². The third kappa shape index (κ3) is 4.64. The minimum atomic E-state index is -0.428. The van der Waals surface area contributed by atoms with Gasteiger partial charge in [0.15, 0.2) is 0 Å². The van der Waals surface area contributed by atoms with Crippen LogP contribution in [0.5, 0.6) is 0 Å². The summed E-state index contributed by atoms with van der Waals surface area (Å²) < 4.78 is 0. The van der Waals surface area contributed by atoms with Gasteiger partial charge in [0.05, 0.1) is 5.75 Å². The van der Waals surface area contributed by atoms with Crippen molar-refractivity contribution >= 4 is 35.2 Å². The SMILES string of the molecule is NC(=O)C1CCCCN1C(=O)CSCc1ccc(Cl)cc1. The van der Waals surface area contributed by atoms with Gasteiger partial charge in [0, 0.05) is 17.3 Å². The van der Waals surface area contributed by atoms with Gasteiger partial charge in [-0.3, -0.25) is 9.59 Å². The maximum absolute atomic E-state index is 12.2. The van der Waals surface area contributed by atoms with Crippen molar-refractivity contribution in [3.05, 3.63) is 34.9 Å². The number of likely N-dealkylation sites (tertiary alicyclic amines) is 1. The molecule has 0 aromatic heterocycles. The van der Waals surface area contributed by atoms with Crippen LogP contribution in [0.1, 0.15) is 24.8 Å². The molecular formula is C15H19ClN2O2S. The Morgan fingerprint density at radius 1 is 1.29 bits per heavy atom. The summed E-state index contributed by atoms with van der Waals surface area (Å²) in [5.41, 5.74) is 6.50. The molecule has 1 atom stereocenters. The first-order valence-corrected chi connectivity index (χ1v) is 8.52. The van der Waals surface area contributed by atoms with Gasteiger partial charge >= 0.3 is 0 Å². The Morgan fingerprint density at radius 2 is 2.00 bits per heavy atom. The second-order valence-electron chi connectivity index (χ2n) is 5.12. The summed E-state index contributed by atoms with van der Waals surface area (Å²) in [5.74, 6) is 0.716.